The fraction of sp³-hybridized carbons (Fsp3) is 0.480. The van der Waals surface area contributed by atoms with Crippen molar-refractivity contribution in [3.63, 3.8) is 0 Å². The average Bonchev–Trinajstić information content (AvgIpc) is 3.38. The number of pyridine rings is 2. The molecule has 4 amide bonds. The molecule has 0 saturated carbocycles. The van der Waals surface area contributed by atoms with Crippen LogP contribution in [0.3, 0.4) is 0 Å². The third-order valence-corrected chi connectivity index (χ3v) is 12.9. The molecule has 0 spiro atoms. The Hall–Kier alpha value is -5.62. The van der Waals surface area contributed by atoms with Crippen LogP contribution in [-0.4, -0.2) is 160 Å². The molecular weight excluding hydrogens is 917 g/mol. The molecule has 4 fully saturated rings. The van der Waals surface area contributed by atoms with Crippen LogP contribution < -0.4 is 20.0 Å². The molecule has 0 atom stereocenters. The third-order valence-electron chi connectivity index (χ3n) is 12.4. The largest absolute Gasteiger partial charge is 0.465 e. The number of amides is 4. The van der Waals surface area contributed by atoms with Crippen LogP contribution in [0.2, 0.25) is 0 Å². The summed E-state index contributed by atoms with van der Waals surface area (Å²) in [6.07, 6.45) is 9.45. The smallest absolute Gasteiger partial charge is 0.339 e. The molecule has 0 bridgehead atoms. The molecule has 360 valence electrons. The summed E-state index contributed by atoms with van der Waals surface area (Å²) in [6.45, 7) is 12.6. The second-order valence-corrected chi connectivity index (χ2v) is 18.1. The molecule has 16 nitrogen and oxygen atoms in total. The van der Waals surface area contributed by atoms with Gasteiger partial charge in [0, 0.05) is 112 Å². The Balaban J connectivity index is 0.000000195. The van der Waals surface area contributed by atoms with E-state index in [0.717, 1.165) is 113 Å². The van der Waals surface area contributed by atoms with Crippen LogP contribution in [-0.2, 0) is 22.6 Å². The van der Waals surface area contributed by atoms with Gasteiger partial charge in [0.15, 0.2) is 0 Å². The van der Waals surface area contributed by atoms with E-state index in [4.69, 9.17) is 9.47 Å². The molecule has 8 rings (SSSR count). The van der Waals surface area contributed by atoms with E-state index in [0.29, 0.717) is 29.9 Å². The number of methoxy groups -OCH3 is 2. The number of ether oxygens (including phenoxy) is 2. The van der Waals surface area contributed by atoms with E-state index in [1.165, 1.54) is 58.2 Å². The molecule has 4 aromatic rings. The number of likely N-dealkylation sites (tertiary alicyclic amines) is 2. The van der Waals surface area contributed by atoms with Gasteiger partial charge >= 0.3 is 24.0 Å². The number of esters is 2. The summed E-state index contributed by atoms with van der Waals surface area (Å²) in [5.41, 5.74) is 5.05. The first-order chi connectivity index (χ1) is 32.5. The molecule has 0 radical (unpaired) electrons. The Kier molecular flexibility index (Phi) is 19.8. The zero-order valence-electron chi connectivity index (χ0n) is 39.6. The molecule has 17 heteroatoms. The van der Waals surface area contributed by atoms with Gasteiger partial charge in [0.25, 0.3) is 0 Å². The van der Waals surface area contributed by atoms with Crippen molar-refractivity contribution in [1.82, 2.24) is 34.9 Å². The predicted octanol–water partition coefficient (Wildman–Crippen LogP) is 7.00. The van der Waals surface area contributed by atoms with Crippen molar-refractivity contribution in [2.75, 3.05) is 122 Å². The number of nitrogens with zero attached hydrogens (tertiary/aromatic N) is 9. The quantitative estimate of drug-likeness (QED) is 0.172. The second kappa shape index (κ2) is 26.1. The van der Waals surface area contributed by atoms with Crippen molar-refractivity contribution < 1.29 is 28.7 Å². The van der Waals surface area contributed by atoms with Gasteiger partial charge in [-0.25, -0.2) is 19.2 Å². The Labute approximate surface area is 404 Å². The number of piperazine rings is 2. The molecule has 4 saturated heterocycles. The SMILES string of the molecule is CN1CCNCC1.COC(=O)c1ccc(CN(C(=O)N2CCCCC2)c2ccc(Br)cc2)nc1.COC(=O)c1ccc(CN(C(=O)N2CCCCC2)c2ccc(N3CCN(C)CC3)cc2)nc1. The van der Waals surface area contributed by atoms with Crippen LogP contribution in [0.25, 0.3) is 0 Å². The number of rotatable bonds is 9. The lowest BCUT2D eigenvalue weighted by Crippen LogP contribution is -2.45. The highest BCUT2D eigenvalue weighted by atomic mass is 79.9. The lowest BCUT2D eigenvalue weighted by Gasteiger charge is -2.35. The Morgan fingerprint density at radius 1 is 0.552 bits per heavy atom. The van der Waals surface area contributed by atoms with E-state index in [1.807, 2.05) is 46.2 Å². The minimum atomic E-state index is -0.428. The van der Waals surface area contributed by atoms with Crippen LogP contribution in [0, 0.1) is 0 Å². The molecule has 67 heavy (non-hydrogen) atoms. The van der Waals surface area contributed by atoms with Gasteiger partial charge in [0.1, 0.15) is 0 Å². The number of likely N-dealkylation sites (N-methyl/N-ethyl adjacent to an activating group) is 2. The van der Waals surface area contributed by atoms with Gasteiger partial charge in [0.05, 0.1) is 49.8 Å². The highest BCUT2D eigenvalue weighted by Gasteiger charge is 2.27. The van der Waals surface area contributed by atoms with Gasteiger partial charge < -0.3 is 39.3 Å². The van der Waals surface area contributed by atoms with Crippen molar-refractivity contribution in [3.05, 3.63) is 112 Å². The maximum Gasteiger partial charge on any atom is 0.339 e. The molecule has 4 aliphatic heterocycles. The van der Waals surface area contributed by atoms with Crippen LogP contribution in [0.4, 0.5) is 26.7 Å². The summed E-state index contributed by atoms with van der Waals surface area (Å²) < 4.78 is 10.4. The first-order valence-corrected chi connectivity index (χ1v) is 24.2. The van der Waals surface area contributed by atoms with E-state index in [-0.39, 0.29) is 12.1 Å². The van der Waals surface area contributed by atoms with Gasteiger partial charge in [-0.3, -0.25) is 19.8 Å². The zero-order chi connectivity index (χ0) is 47.5. The number of halogens is 1. The van der Waals surface area contributed by atoms with E-state index in [1.54, 1.807) is 34.1 Å². The number of piperidine rings is 2. The lowest BCUT2D eigenvalue weighted by molar-refractivity contribution is 0.0591. The molecule has 0 aliphatic carbocycles. The van der Waals surface area contributed by atoms with Crippen molar-refractivity contribution in [2.45, 2.75) is 51.6 Å². The average molecular weight is 984 g/mol. The maximum absolute atomic E-state index is 13.5. The first kappa shape index (κ1) is 50.8. The topological polar surface area (TPSA) is 147 Å². The minimum Gasteiger partial charge on any atom is -0.465 e. The van der Waals surface area contributed by atoms with Crippen molar-refractivity contribution >= 4 is 57.0 Å². The van der Waals surface area contributed by atoms with Crippen LogP contribution >= 0.6 is 15.9 Å². The summed E-state index contributed by atoms with van der Waals surface area (Å²) in [6, 6.07) is 22.8. The van der Waals surface area contributed by atoms with Gasteiger partial charge in [-0.05, 0) is 125 Å². The number of aromatic nitrogens is 2. The van der Waals surface area contributed by atoms with E-state index in [9.17, 15) is 19.2 Å². The molecular formula is C50H67BrN10O6. The highest BCUT2D eigenvalue weighted by Crippen LogP contribution is 2.26. The van der Waals surface area contributed by atoms with Crippen LogP contribution in [0.15, 0.2) is 89.7 Å². The highest BCUT2D eigenvalue weighted by molar-refractivity contribution is 9.10. The summed E-state index contributed by atoms with van der Waals surface area (Å²) >= 11 is 3.43. The van der Waals surface area contributed by atoms with Crippen LogP contribution in [0.1, 0.15) is 70.6 Å². The molecule has 0 unspecified atom stereocenters. The first-order valence-electron chi connectivity index (χ1n) is 23.4. The molecule has 2 aromatic heterocycles. The number of anilines is 3. The number of nitrogens with one attached hydrogen (secondary N) is 1. The number of hydrogen-bond acceptors (Lipinski definition) is 12. The normalized spacial score (nSPS) is 16.6. The number of hydrogen-bond donors (Lipinski definition) is 1. The summed E-state index contributed by atoms with van der Waals surface area (Å²) in [4.78, 5) is 73.1. The predicted molar refractivity (Wildman–Crippen MR) is 266 cm³/mol. The Bertz CT molecular complexity index is 2160. The van der Waals surface area contributed by atoms with Gasteiger partial charge in [-0.15, -0.1) is 0 Å². The second-order valence-electron chi connectivity index (χ2n) is 17.2. The van der Waals surface area contributed by atoms with Crippen molar-refractivity contribution in [2.24, 2.45) is 0 Å². The van der Waals surface area contributed by atoms with E-state index in [2.05, 4.69) is 72.1 Å². The van der Waals surface area contributed by atoms with Crippen molar-refractivity contribution in [3.8, 4) is 0 Å². The lowest BCUT2D eigenvalue weighted by atomic mass is 10.1. The summed E-state index contributed by atoms with van der Waals surface area (Å²) in [7, 11) is 6.99. The van der Waals surface area contributed by atoms with Gasteiger partial charge in [0.2, 0.25) is 0 Å². The number of carbonyl (C=O) groups is 4. The van der Waals surface area contributed by atoms with E-state index >= 15 is 0 Å². The molecule has 1 N–H and O–H groups in total. The number of benzene rings is 2. The zero-order valence-corrected chi connectivity index (χ0v) is 41.2. The number of carbonyl (C=O) groups excluding carboxylic acids is 4. The molecule has 4 aliphatic rings. The minimum absolute atomic E-state index is 0.000826. The van der Waals surface area contributed by atoms with Gasteiger partial charge in [-0.2, -0.15) is 0 Å². The fourth-order valence-corrected chi connectivity index (χ4v) is 8.46. The van der Waals surface area contributed by atoms with Gasteiger partial charge in [-0.1, -0.05) is 15.9 Å². The number of urea groups is 2. The monoisotopic (exact) mass is 982 g/mol. The van der Waals surface area contributed by atoms with Crippen LogP contribution in [0.5, 0.6) is 0 Å². The van der Waals surface area contributed by atoms with E-state index < -0.39 is 11.9 Å². The third kappa shape index (κ3) is 15.2. The summed E-state index contributed by atoms with van der Waals surface area (Å²) in [5.74, 6) is -0.849. The molecule has 2 aromatic carbocycles. The Morgan fingerprint density at radius 2 is 0.970 bits per heavy atom. The molecule has 6 heterocycles. The fourth-order valence-electron chi connectivity index (χ4n) is 8.19. The standard InChI is InChI=1S/C25H33N5O3.C20H22BrN3O3.C5H12N2/c1-27-14-16-28(17-15-27)22-8-10-23(11-9-22)30(25(32)29-12-4-3-5-13-29)19-21-7-6-20(18-26-21)24(31)33-2;1-27-19(25)15-5-8-17(22-13-15)14-24(18-9-6-16(21)7-10-18)20(26)23-11-3-2-4-12-23;1-7-4-2-6-3-5-7/h6-11,18H,3-5,12-17,19H2,1-2H3;5-10,13H,2-4,11-12,14H2,1H3;6H,2-5H2,1H3. The Morgan fingerprint density at radius 3 is 1.34 bits per heavy atom. The maximum atomic E-state index is 13.5. The van der Waals surface area contributed by atoms with Crippen molar-refractivity contribution in [1.29, 1.82) is 0 Å². The summed E-state index contributed by atoms with van der Waals surface area (Å²) in [5, 5.41) is 3.27.